The fourth-order valence-corrected chi connectivity index (χ4v) is 6.29. The molecule has 6 rings (SSSR count). The standard InChI is InChI=1S/C25H27ClO3/c1-16-8-21(4-6-23(16)26)28-15-22-3-2-20(29-22)5-7-24(27)25-12-17-9-18(13-25)11-19(10-17)14-25/h2-8,17-19H,9-15H2,1H3/b7-5+. The number of ketones is 1. The van der Waals surface area contributed by atoms with Crippen molar-refractivity contribution in [1.29, 1.82) is 0 Å². The molecule has 3 nitrogen and oxygen atoms in total. The molecule has 4 heteroatoms. The minimum absolute atomic E-state index is 0.0871. The van der Waals surface area contributed by atoms with Gasteiger partial charge in [0.15, 0.2) is 5.78 Å². The minimum Gasteiger partial charge on any atom is -0.486 e. The van der Waals surface area contributed by atoms with Gasteiger partial charge in [0, 0.05) is 10.4 Å². The second kappa shape index (κ2) is 7.36. The van der Waals surface area contributed by atoms with Crippen molar-refractivity contribution < 1.29 is 13.9 Å². The molecule has 4 saturated carbocycles. The van der Waals surface area contributed by atoms with E-state index in [-0.39, 0.29) is 5.41 Å². The van der Waals surface area contributed by atoms with Crippen molar-refractivity contribution in [1.82, 2.24) is 0 Å². The first-order chi connectivity index (χ1) is 14.0. The highest BCUT2D eigenvalue weighted by molar-refractivity contribution is 6.31. The topological polar surface area (TPSA) is 39.4 Å². The van der Waals surface area contributed by atoms with Gasteiger partial charge in [-0.25, -0.2) is 0 Å². The molecule has 29 heavy (non-hydrogen) atoms. The number of aryl methyl sites for hydroxylation is 1. The Morgan fingerprint density at radius 2 is 1.83 bits per heavy atom. The molecule has 1 heterocycles. The number of allylic oxidation sites excluding steroid dienone is 1. The fraction of sp³-hybridized carbons (Fsp3) is 0.480. The van der Waals surface area contributed by atoms with E-state index >= 15 is 0 Å². The number of halogens is 1. The maximum Gasteiger partial charge on any atom is 0.161 e. The summed E-state index contributed by atoms with van der Waals surface area (Å²) in [5.41, 5.74) is 0.895. The third-order valence-corrected chi connectivity index (χ3v) is 7.58. The molecule has 0 N–H and O–H groups in total. The number of benzene rings is 1. The van der Waals surface area contributed by atoms with E-state index in [2.05, 4.69) is 0 Å². The minimum atomic E-state index is -0.0871. The molecule has 1 aromatic heterocycles. The molecular formula is C25H27ClO3. The van der Waals surface area contributed by atoms with Gasteiger partial charge in [0.05, 0.1) is 0 Å². The number of rotatable bonds is 6. The van der Waals surface area contributed by atoms with Gasteiger partial charge in [0.2, 0.25) is 0 Å². The highest BCUT2D eigenvalue weighted by Gasteiger charge is 2.53. The largest absolute Gasteiger partial charge is 0.486 e. The molecule has 0 saturated heterocycles. The van der Waals surface area contributed by atoms with Crippen molar-refractivity contribution in [3.63, 3.8) is 0 Å². The molecule has 0 radical (unpaired) electrons. The second-order valence-corrected chi connectivity index (χ2v) is 9.81. The number of carbonyl (C=O) groups excluding carboxylic acids is 1. The summed E-state index contributed by atoms with van der Waals surface area (Å²) < 4.78 is 11.6. The van der Waals surface area contributed by atoms with E-state index in [1.165, 1.54) is 19.3 Å². The van der Waals surface area contributed by atoms with Crippen LogP contribution in [-0.4, -0.2) is 5.78 Å². The quantitative estimate of drug-likeness (QED) is 0.502. The van der Waals surface area contributed by atoms with E-state index in [9.17, 15) is 4.79 Å². The van der Waals surface area contributed by atoms with Crippen molar-refractivity contribution in [3.8, 4) is 5.75 Å². The van der Waals surface area contributed by atoms with Crippen LogP contribution < -0.4 is 4.74 Å². The second-order valence-electron chi connectivity index (χ2n) is 9.40. The Balaban J connectivity index is 1.21. The van der Waals surface area contributed by atoms with Gasteiger partial charge in [-0.05, 0) is 111 Å². The molecule has 0 aliphatic heterocycles. The van der Waals surface area contributed by atoms with Gasteiger partial charge in [0.1, 0.15) is 23.9 Å². The lowest BCUT2D eigenvalue weighted by Crippen LogP contribution is -2.49. The third-order valence-electron chi connectivity index (χ3n) is 7.15. The maximum absolute atomic E-state index is 13.1. The van der Waals surface area contributed by atoms with Gasteiger partial charge < -0.3 is 9.15 Å². The lowest BCUT2D eigenvalue weighted by Gasteiger charge is -2.55. The lowest BCUT2D eigenvalue weighted by molar-refractivity contribution is -0.138. The van der Waals surface area contributed by atoms with Gasteiger partial charge in [-0.2, -0.15) is 0 Å². The van der Waals surface area contributed by atoms with Crippen LogP contribution in [0, 0.1) is 30.1 Å². The summed E-state index contributed by atoms with van der Waals surface area (Å²) in [4.78, 5) is 13.1. The highest BCUT2D eigenvalue weighted by atomic mass is 35.5. The number of ether oxygens (including phenoxy) is 1. The fourth-order valence-electron chi connectivity index (χ4n) is 6.17. The van der Waals surface area contributed by atoms with Crippen molar-refractivity contribution in [2.45, 2.75) is 52.1 Å². The molecular weight excluding hydrogens is 384 g/mol. The zero-order valence-electron chi connectivity index (χ0n) is 16.8. The molecule has 0 atom stereocenters. The van der Waals surface area contributed by atoms with Crippen LogP contribution in [0.2, 0.25) is 5.02 Å². The van der Waals surface area contributed by atoms with E-state index in [0.29, 0.717) is 18.2 Å². The van der Waals surface area contributed by atoms with Gasteiger partial charge in [-0.1, -0.05) is 11.6 Å². The van der Waals surface area contributed by atoms with Crippen LogP contribution in [0.4, 0.5) is 0 Å². The normalized spacial score (nSPS) is 30.2. The van der Waals surface area contributed by atoms with Crippen molar-refractivity contribution in [3.05, 3.63) is 58.5 Å². The van der Waals surface area contributed by atoms with Gasteiger partial charge >= 0.3 is 0 Å². The molecule has 2 aromatic rings. The van der Waals surface area contributed by atoms with Crippen LogP contribution in [0.1, 0.15) is 55.6 Å². The van der Waals surface area contributed by atoms with Crippen LogP contribution >= 0.6 is 11.6 Å². The summed E-state index contributed by atoms with van der Waals surface area (Å²) >= 11 is 6.05. The van der Waals surface area contributed by atoms with Gasteiger partial charge in [-0.15, -0.1) is 0 Å². The van der Waals surface area contributed by atoms with Gasteiger partial charge in [-0.3, -0.25) is 4.79 Å². The molecule has 0 spiro atoms. The predicted molar refractivity (Wildman–Crippen MR) is 114 cm³/mol. The van der Waals surface area contributed by atoms with Crippen molar-refractivity contribution in [2.75, 3.05) is 0 Å². The average Bonchev–Trinajstić information content (AvgIpc) is 3.14. The predicted octanol–water partition coefficient (Wildman–Crippen LogP) is 6.62. The first kappa shape index (κ1) is 19.0. The van der Waals surface area contributed by atoms with Crippen LogP contribution in [0.25, 0.3) is 6.08 Å². The molecule has 0 unspecified atom stereocenters. The maximum atomic E-state index is 13.1. The summed E-state index contributed by atoms with van der Waals surface area (Å²) in [5, 5.41) is 0.728. The van der Waals surface area contributed by atoms with Crippen LogP contribution in [0.15, 0.2) is 40.8 Å². The Labute approximate surface area is 177 Å². The summed E-state index contributed by atoms with van der Waals surface area (Å²) in [6, 6.07) is 9.39. The Morgan fingerprint density at radius 1 is 1.14 bits per heavy atom. The zero-order chi connectivity index (χ0) is 20.0. The molecule has 4 aliphatic rings. The van der Waals surface area contributed by atoms with E-state index in [4.69, 9.17) is 20.8 Å². The Bertz CT molecular complexity index is 919. The first-order valence-electron chi connectivity index (χ1n) is 10.7. The summed E-state index contributed by atoms with van der Waals surface area (Å²) in [6.07, 6.45) is 10.9. The highest BCUT2D eigenvalue weighted by Crippen LogP contribution is 2.60. The van der Waals surface area contributed by atoms with Crippen LogP contribution in [0.3, 0.4) is 0 Å². The summed E-state index contributed by atoms with van der Waals surface area (Å²) in [6.45, 7) is 2.30. The first-order valence-corrected chi connectivity index (χ1v) is 11.1. The average molecular weight is 411 g/mol. The van der Waals surface area contributed by atoms with E-state index in [0.717, 1.165) is 59.1 Å². The van der Waals surface area contributed by atoms with Crippen molar-refractivity contribution in [2.24, 2.45) is 23.2 Å². The molecule has 4 aliphatic carbocycles. The number of hydrogen-bond donors (Lipinski definition) is 0. The van der Waals surface area contributed by atoms with Gasteiger partial charge in [0.25, 0.3) is 0 Å². The van der Waals surface area contributed by atoms with E-state index in [1.807, 2.05) is 43.3 Å². The molecule has 152 valence electrons. The number of furan rings is 1. The van der Waals surface area contributed by atoms with Crippen LogP contribution in [0.5, 0.6) is 5.75 Å². The van der Waals surface area contributed by atoms with E-state index in [1.54, 1.807) is 6.08 Å². The third kappa shape index (κ3) is 3.77. The number of carbonyl (C=O) groups is 1. The SMILES string of the molecule is Cc1cc(OCc2ccc(/C=C/C(=O)C34CC5CC(CC(C5)C3)C4)o2)ccc1Cl. The van der Waals surface area contributed by atoms with Crippen LogP contribution in [-0.2, 0) is 11.4 Å². The van der Waals surface area contributed by atoms with E-state index < -0.39 is 0 Å². The Kier molecular flexibility index (Phi) is 4.82. The molecule has 4 fully saturated rings. The summed E-state index contributed by atoms with van der Waals surface area (Å²) in [5.74, 6) is 4.85. The Hall–Kier alpha value is -2.00. The molecule has 0 amide bonds. The monoisotopic (exact) mass is 410 g/mol. The molecule has 4 bridgehead atoms. The zero-order valence-corrected chi connectivity index (χ0v) is 17.6. The smallest absolute Gasteiger partial charge is 0.161 e. The Morgan fingerprint density at radius 3 is 2.48 bits per heavy atom. The number of hydrogen-bond acceptors (Lipinski definition) is 3. The lowest BCUT2D eigenvalue weighted by atomic mass is 9.48. The molecule has 1 aromatic carbocycles. The van der Waals surface area contributed by atoms with Crippen molar-refractivity contribution >= 4 is 23.5 Å². The summed E-state index contributed by atoms with van der Waals surface area (Å²) in [7, 11) is 0.